The van der Waals surface area contributed by atoms with E-state index >= 15 is 0 Å². The van der Waals surface area contributed by atoms with Crippen molar-refractivity contribution in [1.82, 2.24) is 0 Å². The molecular formula is C15H15ClN2O. The van der Waals surface area contributed by atoms with Gasteiger partial charge < -0.3 is 11.1 Å². The van der Waals surface area contributed by atoms with Gasteiger partial charge in [-0.05, 0) is 43.7 Å². The number of aryl methyl sites for hydroxylation is 2. The van der Waals surface area contributed by atoms with Gasteiger partial charge in [-0.3, -0.25) is 4.79 Å². The summed E-state index contributed by atoms with van der Waals surface area (Å²) >= 11 is 5.88. The Morgan fingerprint density at radius 1 is 1.16 bits per heavy atom. The topological polar surface area (TPSA) is 55.1 Å². The van der Waals surface area contributed by atoms with Crippen LogP contribution in [0.1, 0.15) is 21.5 Å². The molecule has 98 valence electrons. The van der Waals surface area contributed by atoms with Crippen molar-refractivity contribution in [2.75, 3.05) is 11.1 Å². The molecule has 2 aromatic rings. The second-order valence-electron chi connectivity index (χ2n) is 4.50. The molecule has 0 aliphatic heterocycles. The molecule has 0 saturated heterocycles. The van der Waals surface area contributed by atoms with E-state index in [1.54, 1.807) is 18.2 Å². The summed E-state index contributed by atoms with van der Waals surface area (Å²) in [6.45, 7) is 3.96. The number of nitrogens with two attached hydrogens (primary N) is 1. The molecule has 4 heteroatoms. The fraction of sp³-hybridized carbons (Fsp3) is 0.133. The average molecular weight is 275 g/mol. The molecule has 19 heavy (non-hydrogen) atoms. The minimum atomic E-state index is -0.257. The largest absolute Gasteiger partial charge is 0.398 e. The van der Waals surface area contributed by atoms with Gasteiger partial charge in [0.05, 0.1) is 5.56 Å². The normalized spacial score (nSPS) is 10.3. The molecule has 0 bridgehead atoms. The molecule has 0 radical (unpaired) electrons. The van der Waals surface area contributed by atoms with Crippen molar-refractivity contribution >= 4 is 28.9 Å². The number of hydrogen-bond donors (Lipinski definition) is 2. The highest BCUT2D eigenvalue weighted by atomic mass is 35.5. The second kappa shape index (κ2) is 5.33. The van der Waals surface area contributed by atoms with E-state index in [1.807, 2.05) is 32.0 Å². The maximum atomic E-state index is 12.2. The molecule has 0 heterocycles. The van der Waals surface area contributed by atoms with E-state index in [9.17, 15) is 4.79 Å². The van der Waals surface area contributed by atoms with Crippen LogP contribution in [0.4, 0.5) is 11.4 Å². The van der Waals surface area contributed by atoms with Gasteiger partial charge in [0.25, 0.3) is 5.91 Å². The molecule has 3 N–H and O–H groups in total. The van der Waals surface area contributed by atoms with Crippen molar-refractivity contribution in [1.29, 1.82) is 0 Å². The van der Waals surface area contributed by atoms with Gasteiger partial charge in [-0.15, -0.1) is 0 Å². The van der Waals surface area contributed by atoms with Gasteiger partial charge in [-0.1, -0.05) is 29.3 Å². The van der Waals surface area contributed by atoms with Crippen molar-refractivity contribution in [3.8, 4) is 0 Å². The van der Waals surface area contributed by atoms with Crippen LogP contribution in [0.25, 0.3) is 0 Å². The van der Waals surface area contributed by atoms with Crippen LogP contribution >= 0.6 is 11.6 Å². The Kier molecular flexibility index (Phi) is 3.76. The number of benzene rings is 2. The highest BCUT2D eigenvalue weighted by molar-refractivity contribution is 6.31. The molecule has 0 atom stereocenters. The Morgan fingerprint density at radius 2 is 1.89 bits per heavy atom. The summed E-state index contributed by atoms with van der Waals surface area (Å²) in [6, 6.07) is 10.7. The van der Waals surface area contributed by atoms with Crippen molar-refractivity contribution in [2.24, 2.45) is 0 Å². The summed E-state index contributed by atoms with van der Waals surface area (Å²) in [5.41, 5.74) is 9.51. The zero-order valence-electron chi connectivity index (χ0n) is 10.8. The summed E-state index contributed by atoms with van der Waals surface area (Å²) in [6.07, 6.45) is 0. The lowest BCUT2D eigenvalue weighted by Crippen LogP contribution is -2.14. The van der Waals surface area contributed by atoms with E-state index in [0.29, 0.717) is 16.3 Å². The van der Waals surface area contributed by atoms with Gasteiger partial charge in [0.15, 0.2) is 0 Å². The second-order valence-corrected chi connectivity index (χ2v) is 4.94. The lowest BCUT2D eigenvalue weighted by Gasteiger charge is -2.10. The molecule has 0 fully saturated rings. The third kappa shape index (κ3) is 3.06. The molecule has 0 aromatic heterocycles. The van der Waals surface area contributed by atoms with Gasteiger partial charge in [-0.2, -0.15) is 0 Å². The Bertz CT molecular complexity index is 638. The van der Waals surface area contributed by atoms with Gasteiger partial charge in [0, 0.05) is 16.4 Å². The van der Waals surface area contributed by atoms with E-state index in [0.717, 1.165) is 16.8 Å². The van der Waals surface area contributed by atoms with E-state index in [-0.39, 0.29) is 5.91 Å². The third-order valence-electron chi connectivity index (χ3n) is 2.89. The zero-order chi connectivity index (χ0) is 14.0. The van der Waals surface area contributed by atoms with Crippen molar-refractivity contribution < 1.29 is 4.79 Å². The molecule has 1 amide bonds. The van der Waals surface area contributed by atoms with Crippen molar-refractivity contribution in [3.63, 3.8) is 0 Å². The number of amides is 1. The fourth-order valence-corrected chi connectivity index (χ4v) is 2.04. The van der Waals surface area contributed by atoms with E-state index in [1.165, 1.54) is 0 Å². The number of hydrogen-bond acceptors (Lipinski definition) is 2. The molecule has 0 aliphatic rings. The lowest BCUT2D eigenvalue weighted by molar-refractivity contribution is 0.102. The number of carbonyl (C=O) groups is 1. The van der Waals surface area contributed by atoms with Crippen molar-refractivity contribution in [3.05, 3.63) is 58.1 Å². The van der Waals surface area contributed by atoms with Crippen molar-refractivity contribution in [2.45, 2.75) is 13.8 Å². The Hall–Kier alpha value is -2.00. The molecule has 0 saturated carbocycles. The number of nitrogens with one attached hydrogen (secondary N) is 1. The number of carbonyl (C=O) groups excluding carboxylic acids is 1. The van der Waals surface area contributed by atoms with Crippen LogP contribution < -0.4 is 11.1 Å². The lowest BCUT2D eigenvalue weighted by atomic mass is 10.1. The molecule has 0 spiro atoms. The van der Waals surface area contributed by atoms with E-state index in [2.05, 4.69) is 5.32 Å². The van der Waals surface area contributed by atoms with Crippen LogP contribution in [0, 0.1) is 13.8 Å². The van der Waals surface area contributed by atoms with Crippen LogP contribution in [0.3, 0.4) is 0 Å². The molecule has 0 aliphatic carbocycles. The maximum absolute atomic E-state index is 12.2. The highest BCUT2D eigenvalue weighted by Gasteiger charge is 2.11. The van der Waals surface area contributed by atoms with Crippen LogP contribution in [-0.4, -0.2) is 5.91 Å². The predicted molar refractivity (Wildman–Crippen MR) is 79.7 cm³/mol. The third-order valence-corrected chi connectivity index (χ3v) is 3.13. The van der Waals surface area contributed by atoms with Gasteiger partial charge in [0.1, 0.15) is 0 Å². The van der Waals surface area contributed by atoms with E-state index in [4.69, 9.17) is 17.3 Å². The first-order valence-electron chi connectivity index (χ1n) is 5.91. The Morgan fingerprint density at radius 3 is 2.58 bits per heavy atom. The molecule has 0 unspecified atom stereocenters. The van der Waals surface area contributed by atoms with Crippen LogP contribution in [0.15, 0.2) is 36.4 Å². The summed E-state index contributed by atoms with van der Waals surface area (Å²) < 4.78 is 0. The summed E-state index contributed by atoms with van der Waals surface area (Å²) in [4.78, 5) is 12.2. The highest BCUT2D eigenvalue weighted by Crippen LogP contribution is 2.21. The minimum Gasteiger partial charge on any atom is -0.398 e. The maximum Gasteiger partial charge on any atom is 0.257 e. The number of rotatable bonds is 2. The fourth-order valence-electron chi connectivity index (χ4n) is 1.87. The molecule has 2 aromatic carbocycles. The monoisotopic (exact) mass is 274 g/mol. The predicted octanol–water partition coefficient (Wildman–Crippen LogP) is 3.79. The Labute approximate surface area is 117 Å². The van der Waals surface area contributed by atoms with Crippen LogP contribution in [0.2, 0.25) is 5.02 Å². The SMILES string of the molecule is Cc1ccc(NC(=O)c2cc(Cl)ccc2N)c(C)c1. The first-order valence-corrected chi connectivity index (χ1v) is 6.29. The summed E-state index contributed by atoms with van der Waals surface area (Å²) in [5.74, 6) is -0.257. The first kappa shape index (κ1) is 13.4. The molecule has 2 rings (SSSR count). The quantitative estimate of drug-likeness (QED) is 0.819. The number of nitrogen functional groups attached to an aromatic ring is 1. The first-order chi connectivity index (χ1) is 8.97. The van der Waals surface area contributed by atoms with Crippen LogP contribution in [-0.2, 0) is 0 Å². The van der Waals surface area contributed by atoms with Gasteiger partial charge in [-0.25, -0.2) is 0 Å². The average Bonchev–Trinajstić information content (AvgIpc) is 2.35. The smallest absolute Gasteiger partial charge is 0.257 e. The van der Waals surface area contributed by atoms with Gasteiger partial charge >= 0.3 is 0 Å². The minimum absolute atomic E-state index is 0.257. The zero-order valence-corrected chi connectivity index (χ0v) is 11.6. The number of anilines is 2. The number of halogens is 1. The molecule has 3 nitrogen and oxygen atoms in total. The van der Waals surface area contributed by atoms with Crippen LogP contribution in [0.5, 0.6) is 0 Å². The van der Waals surface area contributed by atoms with E-state index < -0.39 is 0 Å². The summed E-state index contributed by atoms with van der Waals surface area (Å²) in [5, 5.41) is 3.33. The standard InChI is InChI=1S/C15H15ClN2O/c1-9-3-6-14(10(2)7-9)18-15(19)12-8-11(16)4-5-13(12)17/h3-8H,17H2,1-2H3,(H,18,19). The Balaban J connectivity index is 2.28. The van der Waals surface area contributed by atoms with Gasteiger partial charge in [0.2, 0.25) is 0 Å². The molecular weight excluding hydrogens is 260 g/mol. The summed E-state index contributed by atoms with van der Waals surface area (Å²) in [7, 11) is 0.